The van der Waals surface area contributed by atoms with Crippen LogP contribution >= 0.6 is 23.4 Å². The first-order valence-corrected chi connectivity index (χ1v) is 9.70. The monoisotopic (exact) mass is 416 g/mol. The third kappa shape index (κ3) is 4.07. The lowest BCUT2D eigenvalue weighted by Gasteiger charge is -2.08. The number of anilines is 1. The van der Waals surface area contributed by atoms with Crippen molar-refractivity contribution in [3.05, 3.63) is 59.1 Å². The number of thioether (sulfide) groups is 1. The zero-order chi connectivity index (χ0) is 19.7. The lowest BCUT2D eigenvalue weighted by molar-refractivity contribution is -0.121. The molecule has 2 aromatic carbocycles. The fourth-order valence-corrected chi connectivity index (χ4v) is 4.09. The second-order valence-electron chi connectivity index (χ2n) is 6.21. The summed E-state index contributed by atoms with van der Waals surface area (Å²) in [4.78, 5) is 36.1. The van der Waals surface area contributed by atoms with E-state index in [4.69, 9.17) is 11.6 Å². The summed E-state index contributed by atoms with van der Waals surface area (Å²) in [6.45, 7) is 0. The second kappa shape index (κ2) is 7.73. The number of amides is 2. The minimum atomic E-state index is -0.588. The molecule has 1 unspecified atom stereocenters. The van der Waals surface area contributed by atoms with Crippen molar-refractivity contribution in [1.29, 1.82) is 0 Å². The lowest BCUT2D eigenvalue weighted by Crippen LogP contribution is -2.21. The number of aromatic nitrogens is 2. The maximum atomic E-state index is 13.2. The summed E-state index contributed by atoms with van der Waals surface area (Å²) in [6, 6.07) is 11.5. The van der Waals surface area contributed by atoms with E-state index < -0.39 is 11.1 Å². The van der Waals surface area contributed by atoms with E-state index in [1.165, 1.54) is 30.0 Å². The van der Waals surface area contributed by atoms with E-state index >= 15 is 0 Å². The largest absolute Gasteiger partial charge is 0.342 e. The molecule has 0 bridgehead atoms. The van der Waals surface area contributed by atoms with Crippen LogP contribution in [-0.2, 0) is 16.0 Å². The van der Waals surface area contributed by atoms with Crippen LogP contribution in [0.2, 0.25) is 5.02 Å². The highest BCUT2D eigenvalue weighted by Crippen LogP contribution is 2.28. The molecule has 28 heavy (non-hydrogen) atoms. The number of benzene rings is 2. The smallest absolute Gasteiger partial charge is 0.260 e. The van der Waals surface area contributed by atoms with Gasteiger partial charge in [-0.15, -0.1) is 0 Å². The zero-order valence-electron chi connectivity index (χ0n) is 14.4. The molecule has 2 amide bonds. The molecule has 0 fully saturated rings. The summed E-state index contributed by atoms with van der Waals surface area (Å²) < 4.78 is 13.2. The highest BCUT2D eigenvalue weighted by molar-refractivity contribution is 8.15. The SMILES string of the molecule is O=C(CC1SC(Cc2nc3ccccc3[nH]2)=NC1=O)Nc1ccc(F)c(Cl)c1. The van der Waals surface area contributed by atoms with Crippen LogP contribution < -0.4 is 5.32 Å². The standard InChI is InChI=1S/C19H14ClFN4O2S/c20-11-7-10(5-6-12(11)21)22-17(26)8-15-19(27)25-18(28-15)9-16-23-13-3-1-2-4-14(13)24-16/h1-7,15H,8-9H2,(H,22,26)(H,23,24). The number of para-hydroxylation sites is 2. The Kier molecular flexibility index (Phi) is 5.15. The Balaban J connectivity index is 1.36. The van der Waals surface area contributed by atoms with E-state index in [1.54, 1.807) is 0 Å². The van der Waals surface area contributed by atoms with E-state index in [-0.39, 0.29) is 23.3 Å². The number of H-pyrrole nitrogens is 1. The fourth-order valence-electron chi connectivity index (χ4n) is 2.83. The van der Waals surface area contributed by atoms with Gasteiger partial charge >= 0.3 is 0 Å². The highest BCUT2D eigenvalue weighted by atomic mass is 35.5. The molecular formula is C19H14ClFN4O2S. The van der Waals surface area contributed by atoms with E-state index in [9.17, 15) is 14.0 Å². The number of carbonyl (C=O) groups excluding carboxylic acids is 2. The van der Waals surface area contributed by atoms with Crippen LogP contribution in [-0.4, -0.2) is 32.1 Å². The third-order valence-corrected chi connectivity index (χ3v) is 5.57. The molecule has 0 saturated heterocycles. The van der Waals surface area contributed by atoms with Gasteiger partial charge in [-0.1, -0.05) is 35.5 Å². The van der Waals surface area contributed by atoms with Gasteiger partial charge in [-0.25, -0.2) is 14.4 Å². The number of hydrogen-bond acceptors (Lipinski definition) is 4. The second-order valence-corrected chi connectivity index (χ2v) is 7.89. The van der Waals surface area contributed by atoms with Crippen molar-refractivity contribution in [3.8, 4) is 0 Å². The Labute approximate surface area is 168 Å². The predicted octanol–water partition coefficient (Wildman–Crippen LogP) is 3.97. The average Bonchev–Trinajstić information content (AvgIpc) is 3.21. The summed E-state index contributed by atoms with van der Waals surface area (Å²) in [5.74, 6) is -0.562. The van der Waals surface area contributed by atoms with Gasteiger partial charge < -0.3 is 10.3 Å². The fraction of sp³-hybridized carbons (Fsp3) is 0.158. The first-order valence-electron chi connectivity index (χ1n) is 8.44. The van der Waals surface area contributed by atoms with Crippen LogP contribution in [0.1, 0.15) is 12.2 Å². The summed E-state index contributed by atoms with van der Waals surface area (Å²) >= 11 is 6.97. The number of halogens is 2. The van der Waals surface area contributed by atoms with Gasteiger partial charge in [0.1, 0.15) is 16.9 Å². The number of rotatable bonds is 5. The van der Waals surface area contributed by atoms with Gasteiger partial charge in [-0.3, -0.25) is 9.59 Å². The minimum absolute atomic E-state index is 0.0361. The predicted molar refractivity (Wildman–Crippen MR) is 108 cm³/mol. The van der Waals surface area contributed by atoms with Crippen molar-refractivity contribution in [1.82, 2.24) is 9.97 Å². The third-order valence-electron chi connectivity index (χ3n) is 4.12. The number of aromatic amines is 1. The topological polar surface area (TPSA) is 87.2 Å². The average molecular weight is 417 g/mol. The molecule has 0 radical (unpaired) electrons. The molecule has 1 aliphatic rings. The van der Waals surface area contributed by atoms with Crippen LogP contribution in [0.15, 0.2) is 47.5 Å². The number of fused-ring (bicyclic) bond motifs is 1. The Morgan fingerprint density at radius 3 is 2.89 bits per heavy atom. The van der Waals surface area contributed by atoms with E-state index in [0.29, 0.717) is 23.0 Å². The Hall–Kier alpha value is -2.71. The van der Waals surface area contributed by atoms with Gasteiger partial charge in [-0.05, 0) is 30.3 Å². The van der Waals surface area contributed by atoms with Crippen molar-refractivity contribution < 1.29 is 14.0 Å². The van der Waals surface area contributed by atoms with Crippen molar-refractivity contribution in [2.24, 2.45) is 4.99 Å². The molecule has 9 heteroatoms. The summed E-state index contributed by atoms with van der Waals surface area (Å²) in [7, 11) is 0. The molecule has 142 valence electrons. The molecule has 2 N–H and O–H groups in total. The van der Waals surface area contributed by atoms with Crippen LogP contribution in [0, 0.1) is 5.82 Å². The number of imidazole rings is 1. The first kappa shape index (κ1) is 18.6. The van der Waals surface area contributed by atoms with Crippen LogP contribution in [0.5, 0.6) is 0 Å². The first-order chi connectivity index (χ1) is 13.5. The number of nitrogens with zero attached hydrogens (tertiary/aromatic N) is 2. The molecule has 6 nitrogen and oxygen atoms in total. The molecule has 1 aliphatic heterocycles. The quantitative estimate of drug-likeness (QED) is 0.658. The number of carbonyl (C=O) groups is 2. The molecule has 0 spiro atoms. The molecule has 3 aromatic rings. The van der Waals surface area contributed by atoms with Gasteiger partial charge in [-0.2, -0.15) is 0 Å². The Morgan fingerprint density at radius 2 is 2.11 bits per heavy atom. The summed E-state index contributed by atoms with van der Waals surface area (Å²) in [6.07, 6.45) is 0.363. The van der Waals surface area contributed by atoms with Crippen molar-refractivity contribution in [2.75, 3.05) is 5.32 Å². The van der Waals surface area contributed by atoms with E-state index in [2.05, 4.69) is 20.3 Å². The van der Waals surface area contributed by atoms with Crippen LogP contribution in [0.25, 0.3) is 11.0 Å². The molecule has 4 rings (SSSR count). The normalized spacial score (nSPS) is 16.4. The molecule has 1 atom stereocenters. The number of hydrogen-bond donors (Lipinski definition) is 2. The maximum absolute atomic E-state index is 13.2. The highest BCUT2D eigenvalue weighted by Gasteiger charge is 2.30. The van der Waals surface area contributed by atoms with Gasteiger partial charge in [0, 0.05) is 12.1 Å². The van der Waals surface area contributed by atoms with Crippen LogP contribution in [0.3, 0.4) is 0 Å². The minimum Gasteiger partial charge on any atom is -0.342 e. The molecule has 1 aromatic heterocycles. The molecule has 0 aliphatic carbocycles. The van der Waals surface area contributed by atoms with Crippen LogP contribution in [0.4, 0.5) is 10.1 Å². The van der Waals surface area contributed by atoms with Crippen molar-refractivity contribution in [3.63, 3.8) is 0 Å². The molecule has 2 heterocycles. The van der Waals surface area contributed by atoms with E-state index in [0.717, 1.165) is 11.0 Å². The maximum Gasteiger partial charge on any atom is 0.260 e. The number of nitrogens with one attached hydrogen (secondary N) is 2. The van der Waals surface area contributed by atoms with Gasteiger partial charge in [0.05, 0.1) is 27.5 Å². The number of aliphatic imine (C=N–C) groups is 1. The van der Waals surface area contributed by atoms with E-state index in [1.807, 2.05) is 24.3 Å². The summed E-state index contributed by atoms with van der Waals surface area (Å²) in [5.41, 5.74) is 2.14. The zero-order valence-corrected chi connectivity index (χ0v) is 16.0. The molecule has 0 saturated carbocycles. The van der Waals surface area contributed by atoms with Gasteiger partial charge in [0.2, 0.25) is 5.91 Å². The van der Waals surface area contributed by atoms with Gasteiger partial charge in [0.15, 0.2) is 0 Å². The summed E-state index contributed by atoms with van der Waals surface area (Å²) in [5, 5.41) is 2.56. The molecular weight excluding hydrogens is 403 g/mol. The van der Waals surface area contributed by atoms with Gasteiger partial charge in [0.25, 0.3) is 5.91 Å². The Bertz CT molecular complexity index is 1080. The van der Waals surface area contributed by atoms with Crippen molar-refractivity contribution >= 4 is 56.9 Å². The van der Waals surface area contributed by atoms with Crippen molar-refractivity contribution in [2.45, 2.75) is 18.1 Å². The lowest BCUT2D eigenvalue weighted by atomic mass is 10.2. The Morgan fingerprint density at radius 1 is 1.29 bits per heavy atom.